The van der Waals surface area contributed by atoms with Gasteiger partial charge < -0.3 is 4.90 Å². The highest BCUT2D eigenvalue weighted by Gasteiger charge is 2.04. The van der Waals surface area contributed by atoms with E-state index in [1.807, 2.05) is 37.3 Å². The van der Waals surface area contributed by atoms with Gasteiger partial charge in [0, 0.05) is 20.5 Å². The highest BCUT2D eigenvalue weighted by atomic mass is 16.1. The number of carbonyl (C=O) groups is 1. The van der Waals surface area contributed by atoms with Crippen LogP contribution in [0.4, 0.5) is 0 Å². The number of ketones is 1. The van der Waals surface area contributed by atoms with Crippen molar-refractivity contribution in [3.05, 3.63) is 59.3 Å². The first-order valence-corrected chi connectivity index (χ1v) is 6.09. The molecular formula is C16H21NO. The molecule has 0 saturated heterocycles. The molecule has 18 heavy (non-hydrogen) atoms. The third-order valence-corrected chi connectivity index (χ3v) is 2.65. The van der Waals surface area contributed by atoms with Crippen LogP contribution in [0.2, 0.25) is 0 Å². The van der Waals surface area contributed by atoms with Crippen LogP contribution in [0, 0.1) is 6.92 Å². The van der Waals surface area contributed by atoms with Crippen LogP contribution in [0.3, 0.4) is 0 Å². The summed E-state index contributed by atoms with van der Waals surface area (Å²) in [6.07, 6.45) is 6.42. The summed E-state index contributed by atoms with van der Waals surface area (Å²) in [7, 11) is 3.91. The van der Waals surface area contributed by atoms with Gasteiger partial charge in [-0.25, -0.2) is 0 Å². The fourth-order valence-corrected chi connectivity index (χ4v) is 1.56. The van der Waals surface area contributed by atoms with Crippen molar-refractivity contribution < 1.29 is 4.79 Å². The number of benzene rings is 1. The number of hydrogen-bond acceptors (Lipinski definition) is 2. The van der Waals surface area contributed by atoms with E-state index >= 15 is 0 Å². The predicted octanol–water partition coefficient (Wildman–Crippen LogP) is 3.13. The molecule has 0 heterocycles. The number of allylic oxidation sites excluding steroid dienone is 3. The van der Waals surface area contributed by atoms with Crippen molar-refractivity contribution in [1.29, 1.82) is 0 Å². The molecule has 0 aliphatic heterocycles. The average molecular weight is 243 g/mol. The Kier molecular flexibility index (Phi) is 5.37. The summed E-state index contributed by atoms with van der Waals surface area (Å²) in [4.78, 5) is 13.5. The lowest BCUT2D eigenvalue weighted by Gasteiger charge is -2.05. The zero-order chi connectivity index (χ0) is 13.5. The molecule has 0 radical (unpaired) electrons. The maximum Gasteiger partial charge on any atom is 0.156 e. The van der Waals surface area contributed by atoms with E-state index in [9.17, 15) is 4.79 Å². The Morgan fingerprint density at radius 1 is 1.22 bits per heavy atom. The molecule has 1 aromatic carbocycles. The smallest absolute Gasteiger partial charge is 0.156 e. The molecule has 0 spiro atoms. The zero-order valence-electron chi connectivity index (χ0n) is 11.6. The van der Waals surface area contributed by atoms with E-state index in [0.717, 1.165) is 5.57 Å². The molecular weight excluding hydrogens is 222 g/mol. The third kappa shape index (κ3) is 5.00. The van der Waals surface area contributed by atoms with E-state index in [-0.39, 0.29) is 5.78 Å². The van der Waals surface area contributed by atoms with Crippen LogP contribution in [-0.2, 0) is 11.2 Å². The number of nitrogens with zero attached hydrogens (tertiary/aromatic N) is 1. The van der Waals surface area contributed by atoms with Gasteiger partial charge in [-0.3, -0.25) is 4.79 Å². The highest BCUT2D eigenvalue weighted by molar-refractivity contribution is 5.93. The zero-order valence-corrected chi connectivity index (χ0v) is 11.6. The van der Waals surface area contributed by atoms with Crippen molar-refractivity contribution in [2.75, 3.05) is 14.1 Å². The molecule has 0 N–H and O–H groups in total. The van der Waals surface area contributed by atoms with E-state index in [2.05, 4.69) is 31.2 Å². The Morgan fingerprint density at radius 3 is 2.33 bits per heavy atom. The van der Waals surface area contributed by atoms with Gasteiger partial charge in [0.2, 0.25) is 0 Å². The molecule has 0 atom stereocenters. The average Bonchev–Trinajstić information content (AvgIpc) is 2.30. The minimum atomic E-state index is 0.124. The van der Waals surface area contributed by atoms with Crippen molar-refractivity contribution in [2.45, 2.75) is 20.3 Å². The summed E-state index contributed by atoms with van der Waals surface area (Å²) in [6.45, 7) is 3.68. The van der Waals surface area contributed by atoms with Gasteiger partial charge >= 0.3 is 0 Å². The van der Waals surface area contributed by atoms with Crippen molar-refractivity contribution in [3.8, 4) is 0 Å². The quantitative estimate of drug-likeness (QED) is 0.585. The van der Waals surface area contributed by atoms with Gasteiger partial charge in [-0.05, 0) is 37.3 Å². The standard InChI is InChI=1S/C16H21NO/c1-13-7-9-15(10-8-13)12-16(14(2)18)6-5-11-17(3)4/h5-11H,12H2,1-4H3/b11-5+,16-6-. The minimum absolute atomic E-state index is 0.124. The van der Waals surface area contributed by atoms with Gasteiger partial charge in [0.05, 0.1) is 0 Å². The summed E-state index contributed by atoms with van der Waals surface area (Å²) in [5, 5.41) is 0. The Bertz CT molecular complexity index is 452. The van der Waals surface area contributed by atoms with Gasteiger partial charge in [0.15, 0.2) is 5.78 Å². The first-order chi connectivity index (χ1) is 8.49. The summed E-state index contributed by atoms with van der Waals surface area (Å²) < 4.78 is 0. The fourth-order valence-electron chi connectivity index (χ4n) is 1.56. The molecule has 0 unspecified atom stereocenters. The Morgan fingerprint density at radius 2 is 1.83 bits per heavy atom. The summed E-state index contributed by atoms with van der Waals surface area (Å²) >= 11 is 0. The number of hydrogen-bond donors (Lipinski definition) is 0. The van der Waals surface area contributed by atoms with Crippen LogP contribution in [0.1, 0.15) is 18.1 Å². The lowest BCUT2D eigenvalue weighted by atomic mass is 10.0. The van der Waals surface area contributed by atoms with Crippen molar-refractivity contribution in [3.63, 3.8) is 0 Å². The Balaban J connectivity index is 2.81. The highest BCUT2D eigenvalue weighted by Crippen LogP contribution is 2.10. The van der Waals surface area contributed by atoms with Crippen LogP contribution in [-0.4, -0.2) is 24.8 Å². The van der Waals surface area contributed by atoms with Crippen LogP contribution < -0.4 is 0 Å². The molecule has 0 aliphatic carbocycles. The van der Waals surface area contributed by atoms with Crippen LogP contribution in [0.15, 0.2) is 48.2 Å². The third-order valence-electron chi connectivity index (χ3n) is 2.65. The summed E-state index contributed by atoms with van der Waals surface area (Å²) in [5.41, 5.74) is 3.23. The lowest BCUT2D eigenvalue weighted by molar-refractivity contribution is -0.113. The predicted molar refractivity (Wildman–Crippen MR) is 76.5 cm³/mol. The number of aryl methyl sites for hydroxylation is 1. The Hall–Kier alpha value is -1.83. The maximum atomic E-state index is 11.6. The maximum absolute atomic E-state index is 11.6. The monoisotopic (exact) mass is 243 g/mol. The largest absolute Gasteiger partial charge is 0.383 e. The van der Waals surface area contributed by atoms with Crippen LogP contribution in [0.25, 0.3) is 0 Å². The normalized spacial score (nSPS) is 11.9. The van der Waals surface area contributed by atoms with E-state index < -0.39 is 0 Å². The van der Waals surface area contributed by atoms with Crippen molar-refractivity contribution >= 4 is 5.78 Å². The summed E-state index contributed by atoms with van der Waals surface area (Å²) in [6, 6.07) is 8.29. The molecule has 0 aliphatic rings. The van der Waals surface area contributed by atoms with E-state index in [4.69, 9.17) is 0 Å². The minimum Gasteiger partial charge on any atom is -0.383 e. The number of rotatable bonds is 5. The first-order valence-electron chi connectivity index (χ1n) is 6.09. The van der Waals surface area contributed by atoms with Crippen LogP contribution >= 0.6 is 0 Å². The fraction of sp³-hybridized carbons (Fsp3) is 0.312. The Labute approximate surface area is 110 Å². The molecule has 2 nitrogen and oxygen atoms in total. The molecule has 1 rings (SSSR count). The molecule has 0 fully saturated rings. The second-order valence-electron chi connectivity index (χ2n) is 4.72. The molecule has 0 bridgehead atoms. The van der Waals surface area contributed by atoms with E-state index in [0.29, 0.717) is 6.42 Å². The first kappa shape index (κ1) is 14.2. The SMILES string of the molecule is CC(=O)/C(=C\C=C\N(C)C)Cc1ccc(C)cc1. The van der Waals surface area contributed by atoms with Gasteiger partial charge in [0.25, 0.3) is 0 Å². The molecule has 0 amide bonds. The van der Waals surface area contributed by atoms with Gasteiger partial charge in [-0.15, -0.1) is 0 Å². The summed E-state index contributed by atoms with van der Waals surface area (Å²) in [5.74, 6) is 0.124. The van der Waals surface area contributed by atoms with Gasteiger partial charge in [-0.2, -0.15) is 0 Å². The van der Waals surface area contributed by atoms with Crippen molar-refractivity contribution in [1.82, 2.24) is 4.90 Å². The van der Waals surface area contributed by atoms with Crippen molar-refractivity contribution in [2.24, 2.45) is 0 Å². The molecule has 96 valence electrons. The molecule has 1 aromatic rings. The van der Waals surface area contributed by atoms with E-state index in [1.165, 1.54) is 11.1 Å². The van der Waals surface area contributed by atoms with Crippen LogP contribution in [0.5, 0.6) is 0 Å². The lowest BCUT2D eigenvalue weighted by Crippen LogP contribution is -2.02. The number of Topliss-reactive ketones (excluding diaryl/α,β-unsaturated/α-hetero) is 1. The van der Waals surface area contributed by atoms with E-state index in [1.54, 1.807) is 6.92 Å². The second-order valence-corrected chi connectivity index (χ2v) is 4.72. The van der Waals surface area contributed by atoms with Gasteiger partial charge in [-0.1, -0.05) is 35.9 Å². The molecule has 2 heteroatoms. The number of carbonyl (C=O) groups excluding carboxylic acids is 1. The molecule has 0 saturated carbocycles. The second kappa shape index (κ2) is 6.80. The molecule has 0 aromatic heterocycles. The van der Waals surface area contributed by atoms with Gasteiger partial charge in [0.1, 0.15) is 0 Å². The topological polar surface area (TPSA) is 20.3 Å².